The van der Waals surface area contributed by atoms with Gasteiger partial charge in [0.05, 0.1) is 0 Å². The lowest BCUT2D eigenvalue weighted by Gasteiger charge is -2.00. The summed E-state index contributed by atoms with van der Waals surface area (Å²) in [6, 6.07) is 5.98. The molecule has 0 spiro atoms. The molecule has 0 aromatic heterocycles. The summed E-state index contributed by atoms with van der Waals surface area (Å²) in [4.78, 5) is 1.15. The number of hydrogen-bond acceptors (Lipinski definition) is 2. The van der Waals surface area contributed by atoms with Crippen LogP contribution in [0.2, 0.25) is 5.02 Å². The van der Waals surface area contributed by atoms with Gasteiger partial charge in [-0.25, -0.2) is 0 Å². The highest BCUT2D eigenvalue weighted by molar-refractivity contribution is 7.97. The van der Waals surface area contributed by atoms with E-state index in [9.17, 15) is 0 Å². The van der Waals surface area contributed by atoms with Crippen LogP contribution in [0.3, 0.4) is 0 Å². The van der Waals surface area contributed by atoms with Crippen molar-refractivity contribution in [2.24, 2.45) is 0 Å². The van der Waals surface area contributed by atoms with Gasteiger partial charge in [-0.2, -0.15) is 0 Å². The molecular formula is C8H10ClNS. The maximum atomic E-state index is 5.84. The minimum absolute atomic E-state index is 0.794. The Morgan fingerprint density at radius 3 is 2.64 bits per heavy atom. The molecule has 0 saturated carbocycles. The fourth-order valence-corrected chi connectivity index (χ4v) is 1.90. The van der Waals surface area contributed by atoms with E-state index in [1.165, 1.54) is 5.56 Å². The van der Waals surface area contributed by atoms with Gasteiger partial charge in [-0.3, -0.25) is 4.72 Å². The Bertz CT molecular complexity index is 230. The van der Waals surface area contributed by atoms with Gasteiger partial charge in [-0.1, -0.05) is 11.6 Å². The van der Waals surface area contributed by atoms with Crippen LogP contribution in [-0.4, -0.2) is 7.05 Å². The van der Waals surface area contributed by atoms with Gasteiger partial charge in [-0.05, 0) is 49.7 Å². The molecule has 0 saturated heterocycles. The molecule has 3 heteroatoms. The molecule has 1 nitrogen and oxygen atoms in total. The lowest BCUT2D eigenvalue weighted by Crippen LogP contribution is -1.90. The second-order valence-corrected chi connectivity index (χ2v) is 3.79. The number of hydrogen-bond donors (Lipinski definition) is 1. The number of halogens is 1. The van der Waals surface area contributed by atoms with E-state index in [1.807, 2.05) is 26.1 Å². The quantitative estimate of drug-likeness (QED) is 0.715. The summed E-state index contributed by atoms with van der Waals surface area (Å²) < 4.78 is 3.00. The molecule has 1 aromatic rings. The third-order valence-corrected chi connectivity index (χ3v) is 2.13. The van der Waals surface area contributed by atoms with E-state index in [0.29, 0.717) is 0 Å². The Morgan fingerprint density at radius 2 is 2.09 bits per heavy atom. The molecule has 1 aromatic carbocycles. The molecule has 0 aliphatic heterocycles. The number of aryl methyl sites for hydroxylation is 1. The van der Waals surface area contributed by atoms with E-state index in [2.05, 4.69) is 10.8 Å². The predicted molar refractivity (Wildman–Crippen MR) is 51.1 cm³/mol. The number of rotatable bonds is 2. The van der Waals surface area contributed by atoms with Gasteiger partial charge in [-0.15, -0.1) is 0 Å². The standard InChI is InChI=1S/C8H10ClNS/c1-6-3-7(9)5-8(4-6)11-10-2/h3-5,10H,1-2H3. The Morgan fingerprint density at radius 1 is 1.36 bits per heavy atom. The van der Waals surface area contributed by atoms with Crippen LogP contribution in [0.25, 0.3) is 0 Å². The lowest BCUT2D eigenvalue weighted by molar-refractivity contribution is 1.27. The highest BCUT2D eigenvalue weighted by Crippen LogP contribution is 2.20. The van der Waals surface area contributed by atoms with Crippen LogP contribution in [0.15, 0.2) is 23.1 Å². The third-order valence-electron chi connectivity index (χ3n) is 1.24. The van der Waals surface area contributed by atoms with Crippen LogP contribution in [0.4, 0.5) is 0 Å². The average Bonchev–Trinajstić information content (AvgIpc) is 1.85. The molecule has 1 N–H and O–H groups in total. The zero-order valence-corrected chi connectivity index (χ0v) is 8.09. The van der Waals surface area contributed by atoms with Crippen LogP contribution in [0, 0.1) is 6.92 Å². The molecular weight excluding hydrogens is 178 g/mol. The van der Waals surface area contributed by atoms with Gasteiger partial charge < -0.3 is 0 Å². The Labute approximate surface area is 76.3 Å². The maximum absolute atomic E-state index is 5.84. The lowest BCUT2D eigenvalue weighted by atomic mass is 10.2. The fourth-order valence-electron chi connectivity index (χ4n) is 0.880. The van der Waals surface area contributed by atoms with E-state index in [4.69, 9.17) is 11.6 Å². The Kier molecular flexibility index (Phi) is 3.24. The van der Waals surface area contributed by atoms with Gasteiger partial charge in [0.1, 0.15) is 0 Å². The Hall–Kier alpha value is -0.180. The van der Waals surface area contributed by atoms with Crippen LogP contribution in [-0.2, 0) is 0 Å². The summed E-state index contributed by atoms with van der Waals surface area (Å²) in [7, 11) is 1.89. The first-order valence-electron chi connectivity index (χ1n) is 3.33. The molecule has 60 valence electrons. The maximum Gasteiger partial charge on any atom is 0.0420 e. The van der Waals surface area contributed by atoms with Crippen LogP contribution < -0.4 is 4.72 Å². The second-order valence-electron chi connectivity index (χ2n) is 2.27. The second kappa shape index (κ2) is 4.00. The molecule has 0 aliphatic carbocycles. The minimum Gasteiger partial charge on any atom is -0.263 e. The molecule has 0 heterocycles. The van der Waals surface area contributed by atoms with Crippen molar-refractivity contribution in [2.45, 2.75) is 11.8 Å². The first-order valence-corrected chi connectivity index (χ1v) is 4.52. The summed E-state index contributed by atoms with van der Waals surface area (Å²) in [5.74, 6) is 0. The van der Waals surface area contributed by atoms with Gasteiger partial charge in [0.2, 0.25) is 0 Å². The summed E-state index contributed by atoms with van der Waals surface area (Å²) >= 11 is 7.41. The van der Waals surface area contributed by atoms with Crippen molar-refractivity contribution < 1.29 is 0 Å². The summed E-state index contributed by atoms with van der Waals surface area (Å²) in [6.07, 6.45) is 0. The summed E-state index contributed by atoms with van der Waals surface area (Å²) in [5.41, 5.74) is 1.19. The van der Waals surface area contributed by atoms with Crippen LogP contribution in [0.1, 0.15) is 5.56 Å². The first kappa shape index (κ1) is 8.91. The minimum atomic E-state index is 0.794. The van der Waals surface area contributed by atoms with E-state index < -0.39 is 0 Å². The van der Waals surface area contributed by atoms with Crippen molar-refractivity contribution in [3.05, 3.63) is 28.8 Å². The monoisotopic (exact) mass is 187 g/mol. The normalized spacial score (nSPS) is 10.1. The van der Waals surface area contributed by atoms with Crippen molar-refractivity contribution in [3.8, 4) is 0 Å². The van der Waals surface area contributed by atoms with Crippen LogP contribution >= 0.6 is 23.5 Å². The zero-order valence-electron chi connectivity index (χ0n) is 6.52. The van der Waals surface area contributed by atoms with Gasteiger partial charge >= 0.3 is 0 Å². The van der Waals surface area contributed by atoms with Crippen molar-refractivity contribution >= 4 is 23.5 Å². The Balaban J connectivity index is 2.89. The third kappa shape index (κ3) is 2.73. The van der Waals surface area contributed by atoms with E-state index >= 15 is 0 Å². The average molecular weight is 188 g/mol. The fraction of sp³-hybridized carbons (Fsp3) is 0.250. The van der Waals surface area contributed by atoms with Crippen LogP contribution in [0.5, 0.6) is 0 Å². The molecule has 1 rings (SSSR count). The van der Waals surface area contributed by atoms with Gasteiger partial charge in [0.25, 0.3) is 0 Å². The molecule has 0 atom stereocenters. The van der Waals surface area contributed by atoms with Crippen molar-refractivity contribution in [3.63, 3.8) is 0 Å². The highest BCUT2D eigenvalue weighted by atomic mass is 35.5. The number of nitrogens with one attached hydrogen (secondary N) is 1. The van der Waals surface area contributed by atoms with E-state index in [0.717, 1.165) is 9.92 Å². The number of benzene rings is 1. The predicted octanol–water partition coefficient (Wildman–Crippen LogP) is 2.87. The molecule has 0 aliphatic rings. The zero-order chi connectivity index (χ0) is 8.27. The SMILES string of the molecule is CNSc1cc(C)cc(Cl)c1. The van der Waals surface area contributed by atoms with Gasteiger partial charge in [0.15, 0.2) is 0 Å². The molecule has 0 fully saturated rings. The summed E-state index contributed by atoms with van der Waals surface area (Å²) in [6.45, 7) is 2.03. The topological polar surface area (TPSA) is 12.0 Å². The highest BCUT2D eigenvalue weighted by Gasteiger charge is 1.95. The molecule has 0 radical (unpaired) electrons. The summed E-state index contributed by atoms with van der Waals surface area (Å²) in [5, 5.41) is 0.794. The van der Waals surface area contributed by atoms with E-state index in [1.54, 1.807) is 11.9 Å². The first-order chi connectivity index (χ1) is 5.22. The van der Waals surface area contributed by atoms with Gasteiger partial charge in [0, 0.05) is 9.92 Å². The molecule has 11 heavy (non-hydrogen) atoms. The van der Waals surface area contributed by atoms with Crippen molar-refractivity contribution in [1.29, 1.82) is 0 Å². The largest absolute Gasteiger partial charge is 0.263 e. The van der Waals surface area contributed by atoms with E-state index in [-0.39, 0.29) is 0 Å². The molecule has 0 amide bonds. The van der Waals surface area contributed by atoms with Crippen molar-refractivity contribution in [2.75, 3.05) is 7.05 Å². The molecule has 0 unspecified atom stereocenters. The van der Waals surface area contributed by atoms with Crippen molar-refractivity contribution in [1.82, 2.24) is 4.72 Å². The smallest absolute Gasteiger partial charge is 0.0420 e. The molecule has 0 bridgehead atoms.